The molecule has 0 aliphatic heterocycles. The van der Waals surface area contributed by atoms with Crippen molar-refractivity contribution >= 4 is 53.2 Å². The minimum atomic E-state index is -6.09. The first-order chi connectivity index (χ1) is 25.8. The highest BCUT2D eigenvalue weighted by Crippen LogP contribution is 2.56. The number of halogens is 6. The second-order valence-electron chi connectivity index (χ2n) is 11.6. The number of fused-ring (bicyclic) bond motifs is 2. The van der Waals surface area contributed by atoms with Crippen molar-refractivity contribution in [1.82, 2.24) is 0 Å². The number of nitrogens with zero attached hydrogens (tertiary/aromatic N) is 4. The van der Waals surface area contributed by atoms with Crippen LogP contribution < -0.4 is 18.6 Å². The van der Waals surface area contributed by atoms with Crippen molar-refractivity contribution < 1.29 is 61.8 Å². The lowest BCUT2D eigenvalue weighted by molar-refractivity contribution is -0.288. The molecule has 0 heterocycles. The molecular weight excluding hydrogens is 783 g/mol. The lowest BCUT2D eigenvalue weighted by Crippen LogP contribution is -2.54. The van der Waals surface area contributed by atoms with Crippen molar-refractivity contribution in [3.8, 4) is 23.0 Å². The molecule has 0 fully saturated rings. The standard InChI is InChI=1S/C35H18F6N4O8S2/c36-34(37,38)33(35(39,40)41,19-7-11-21(12-8-19)52-54(48,49)29-5-1-3-25-23(29)15-17-27(44-42)31(25)46)20-9-13-22(14-10-20)53-55(50,51)30-6-2-4-26-24(30)16-18-28(45-43)32(26)47/h1-18H. The van der Waals surface area contributed by atoms with Crippen LogP contribution in [0.25, 0.3) is 31.5 Å². The third kappa shape index (κ3) is 6.40. The van der Waals surface area contributed by atoms with E-state index < -0.39 is 93.3 Å². The second kappa shape index (κ2) is 13.3. The van der Waals surface area contributed by atoms with Gasteiger partial charge in [-0.25, -0.2) is 0 Å². The Kier molecular flexibility index (Phi) is 9.24. The monoisotopic (exact) mass is 800 g/mol. The number of alkyl halides is 6. The van der Waals surface area contributed by atoms with Gasteiger partial charge < -0.3 is 18.6 Å². The van der Waals surface area contributed by atoms with E-state index in [1.54, 1.807) is 0 Å². The molecule has 6 aromatic rings. The Bertz CT molecular complexity index is 2630. The Morgan fingerprint density at radius 1 is 0.491 bits per heavy atom. The number of benzene rings is 6. The predicted octanol–water partition coefficient (Wildman–Crippen LogP) is 8.06. The molecule has 55 heavy (non-hydrogen) atoms. The van der Waals surface area contributed by atoms with Crippen LogP contribution in [0, 0.1) is 10.8 Å². The number of diazo groups is 2. The Labute approximate surface area is 305 Å². The molecule has 0 amide bonds. The van der Waals surface area contributed by atoms with Crippen LogP contribution in [-0.4, -0.2) is 29.2 Å². The predicted molar refractivity (Wildman–Crippen MR) is 178 cm³/mol. The van der Waals surface area contributed by atoms with Crippen LogP contribution in [-0.2, 0) is 25.7 Å². The van der Waals surface area contributed by atoms with E-state index in [0.717, 1.165) is 48.5 Å². The third-order valence-corrected chi connectivity index (χ3v) is 11.1. The van der Waals surface area contributed by atoms with E-state index in [4.69, 9.17) is 19.2 Å². The molecule has 280 valence electrons. The maximum atomic E-state index is 14.8. The summed E-state index contributed by atoms with van der Waals surface area (Å²) in [5, 5.41) is 42.2. The maximum absolute atomic E-state index is 14.8. The van der Waals surface area contributed by atoms with Gasteiger partial charge in [0.15, 0.2) is 9.95 Å². The topological polar surface area (TPSA) is 189 Å². The Morgan fingerprint density at radius 2 is 0.836 bits per heavy atom. The van der Waals surface area contributed by atoms with E-state index in [0.29, 0.717) is 48.5 Å². The molecule has 0 aromatic heterocycles. The molecule has 6 aromatic carbocycles. The van der Waals surface area contributed by atoms with Crippen molar-refractivity contribution in [3.05, 3.63) is 130 Å². The lowest BCUT2D eigenvalue weighted by atomic mass is 9.73. The average molecular weight is 801 g/mol. The molecule has 0 saturated heterocycles. The minimum Gasteiger partial charge on any atom is -0.867 e. The van der Waals surface area contributed by atoms with Crippen LogP contribution in [0.2, 0.25) is 0 Å². The van der Waals surface area contributed by atoms with Crippen molar-refractivity contribution in [1.29, 1.82) is 10.8 Å². The van der Waals surface area contributed by atoms with Crippen LogP contribution >= 0.6 is 0 Å². The van der Waals surface area contributed by atoms with E-state index in [-0.39, 0.29) is 21.5 Å². The van der Waals surface area contributed by atoms with Crippen molar-refractivity contribution in [2.45, 2.75) is 27.6 Å². The van der Waals surface area contributed by atoms with Crippen LogP contribution in [0.3, 0.4) is 0 Å². The summed E-state index contributed by atoms with van der Waals surface area (Å²) in [7, 11) is -9.72. The molecule has 0 spiro atoms. The zero-order valence-electron chi connectivity index (χ0n) is 27.0. The molecule has 0 N–H and O–H groups in total. The van der Waals surface area contributed by atoms with Gasteiger partial charge in [-0.1, -0.05) is 48.5 Å². The fourth-order valence-electron chi connectivity index (χ4n) is 6.02. The summed E-state index contributed by atoms with van der Waals surface area (Å²) in [6.45, 7) is 0. The molecule has 0 radical (unpaired) electrons. The Balaban J connectivity index is 1.35. The van der Waals surface area contributed by atoms with Crippen LogP contribution in [0.1, 0.15) is 11.1 Å². The van der Waals surface area contributed by atoms with Gasteiger partial charge in [-0.2, -0.15) is 43.2 Å². The van der Waals surface area contributed by atoms with E-state index in [1.807, 2.05) is 0 Å². The van der Waals surface area contributed by atoms with E-state index in [1.165, 1.54) is 12.1 Å². The van der Waals surface area contributed by atoms with Gasteiger partial charge in [0.1, 0.15) is 21.3 Å². The van der Waals surface area contributed by atoms with Gasteiger partial charge >= 0.3 is 44.0 Å². The average Bonchev–Trinajstić information content (AvgIpc) is 3.12. The number of hydrogen-bond donors (Lipinski definition) is 0. The maximum Gasteiger partial charge on any atom is 0.411 e. The summed E-state index contributed by atoms with van der Waals surface area (Å²) in [5.41, 5.74) is -8.39. The SMILES string of the molecule is N#[N+]c1ccc2c(S(=O)(=O)Oc3ccc(C(c4ccc(OS(=O)(=O)c5cccc6c([O-])c([N+]#N)ccc56)cc4)(C(F)(F)F)C(F)(F)F)cc3)cccc2c1[O-]. The molecule has 6 rings (SSSR count). The van der Waals surface area contributed by atoms with E-state index in [2.05, 4.69) is 9.95 Å². The molecule has 12 nitrogen and oxygen atoms in total. The molecule has 0 aliphatic rings. The first kappa shape index (κ1) is 38.1. The molecule has 0 saturated carbocycles. The molecule has 0 aliphatic carbocycles. The highest BCUT2D eigenvalue weighted by Gasteiger charge is 2.72. The summed E-state index contributed by atoms with van der Waals surface area (Å²) in [5.74, 6) is -3.07. The summed E-state index contributed by atoms with van der Waals surface area (Å²) >= 11 is 0. The minimum absolute atomic E-state index is 0.174. The highest BCUT2D eigenvalue weighted by molar-refractivity contribution is 7.87. The zero-order valence-corrected chi connectivity index (χ0v) is 28.7. The summed E-state index contributed by atoms with van der Waals surface area (Å²) in [4.78, 5) is 4.46. The van der Waals surface area contributed by atoms with Crippen LogP contribution in [0.5, 0.6) is 23.0 Å². The van der Waals surface area contributed by atoms with Gasteiger partial charge in [0.2, 0.25) is 16.2 Å². The summed E-state index contributed by atoms with van der Waals surface area (Å²) in [6.07, 6.45) is -12.2. The first-order valence-electron chi connectivity index (χ1n) is 15.2. The largest absolute Gasteiger partial charge is 0.867 e. The van der Waals surface area contributed by atoms with Crippen LogP contribution in [0.15, 0.2) is 119 Å². The van der Waals surface area contributed by atoms with Crippen LogP contribution in [0.4, 0.5) is 37.7 Å². The molecule has 20 heteroatoms. The second-order valence-corrected chi connectivity index (χ2v) is 14.6. The van der Waals surface area contributed by atoms with E-state index >= 15 is 0 Å². The Morgan fingerprint density at radius 3 is 1.15 bits per heavy atom. The van der Waals surface area contributed by atoms with Gasteiger partial charge in [-0.05, 0) is 81.9 Å². The smallest absolute Gasteiger partial charge is 0.411 e. The lowest BCUT2D eigenvalue weighted by Gasteiger charge is -2.38. The molecule has 0 atom stereocenters. The fourth-order valence-corrected chi connectivity index (χ4v) is 8.31. The van der Waals surface area contributed by atoms with Crippen molar-refractivity contribution in [2.75, 3.05) is 0 Å². The van der Waals surface area contributed by atoms with Gasteiger partial charge in [0, 0.05) is 22.9 Å². The van der Waals surface area contributed by atoms with E-state index in [9.17, 15) is 53.4 Å². The quantitative estimate of drug-likeness (QED) is 0.0827. The highest BCUT2D eigenvalue weighted by atomic mass is 32.2. The zero-order chi connectivity index (χ0) is 40.1. The van der Waals surface area contributed by atoms with Crippen molar-refractivity contribution in [2.24, 2.45) is 0 Å². The van der Waals surface area contributed by atoms with Gasteiger partial charge in [0.25, 0.3) is 0 Å². The normalized spacial score (nSPS) is 12.6. The summed E-state index contributed by atoms with van der Waals surface area (Å²) < 4.78 is 152. The summed E-state index contributed by atoms with van der Waals surface area (Å²) in [6, 6.07) is 14.8. The molecule has 0 unspecified atom stereocenters. The van der Waals surface area contributed by atoms with Gasteiger partial charge in [-0.3, -0.25) is 0 Å². The first-order valence-corrected chi connectivity index (χ1v) is 18.0. The van der Waals surface area contributed by atoms with Gasteiger partial charge in [-0.15, -0.1) is 0 Å². The van der Waals surface area contributed by atoms with Gasteiger partial charge in [0.05, 0.1) is 0 Å². The number of rotatable bonds is 8. The molecular formula is C35H18F6N4O8S2. The third-order valence-electron chi connectivity index (χ3n) is 8.49. The fraction of sp³-hybridized carbons (Fsp3) is 0.0857. The molecule has 0 bridgehead atoms. The Hall–Kier alpha value is -6.64. The number of hydrogen-bond acceptors (Lipinski definition) is 10. The van der Waals surface area contributed by atoms with Crippen molar-refractivity contribution in [3.63, 3.8) is 0 Å².